The minimum absolute atomic E-state index is 0.500. The molecule has 1 heterocycles. The van der Waals surface area contributed by atoms with Gasteiger partial charge in [-0.25, -0.2) is 0 Å². The van der Waals surface area contributed by atoms with Crippen molar-refractivity contribution in [1.82, 2.24) is 5.32 Å². The minimum atomic E-state index is 0.500. The summed E-state index contributed by atoms with van der Waals surface area (Å²) >= 11 is 6.03. The summed E-state index contributed by atoms with van der Waals surface area (Å²) in [6.07, 6.45) is 2.03. The first-order valence-corrected chi connectivity index (χ1v) is 6.89. The molecule has 2 rings (SSSR count). The van der Waals surface area contributed by atoms with Gasteiger partial charge in [0.15, 0.2) is 0 Å². The molecule has 1 fully saturated rings. The molecule has 0 amide bonds. The van der Waals surface area contributed by atoms with Crippen molar-refractivity contribution >= 4 is 11.6 Å². The van der Waals surface area contributed by atoms with E-state index in [0.29, 0.717) is 12.6 Å². The molecule has 0 aliphatic carbocycles. The van der Waals surface area contributed by atoms with E-state index in [1.54, 1.807) is 0 Å². The van der Waals surface area contributed by atoms with Gasteiger partial charge < -0.3 is 14.8 Å². The maximum Gasteiger partial charge on any atom is 0.122 e. The van der Waals surface area contributed by atoms with Crippen molar-refractivity contribution in [2.45, 2.75) is 25.8 Å². The molecule has 0 unspecified atom stereocenters. The molecule has 1 aliphatic rings. The second-order valence-electron chi connectivity index (χ2n) is 4.45. The van der Waals surface area contributed by atoms with Crippen molar-refractivity contribution < 1.29 is 9.47 Å². The van der Waals surface area contributed by atoms with Crippen LogP contribution in [0.5, 0.6) is 5.75 Å². The van der Waals surface area contributed by atoms with E-state index in [0.717, 1.165) is 48.9 Å². The van der Waals surface area contributed by atoms with Crippen molar-refractivity contribution in [1.29, 1.82) is 0 Å². The molecule has 1 atom stereocenters. The Balaban J connectivity index is 1.88. The first-order chi connectivity index (χ1) is 8.79. The van der Waals surface area contributed by atoms with E-state index in [9.17, 15) is 0 Å². The summed E-state index contributed by atoms with van der Waals surface area (Å²) in [6.45, 7) is 5.30. The highest BCUT2D eigenvalue weighted by Gasteiger charge is 2.14. The number of ether oxygens (including phenoxy) is 2. The van der Waals surface area contributed by atoms with Crippen molar-refractivity contribution in [2.75, 3.05) is 26.4 Å². The van der Waals surface area contributed by atoms with E-state index in [-0.39, 0.29) is 0 Å². The molecule has 0 aromatic heterocycles. The van der Waals surface area contributed by atoms with Crippen LogP contribution in [-0.2, 0) is 11.2 Å². The third-order valence-corrected chi connectivity index (χ3v) is 3.31. The summed E-state index contributed by atoms with van der Waals surface area (Å²) in [5.74, 6) is 0.936. The maximum atomic E-state index is 6.03. The van der Waals surface area contributed by atoms with Crippen molar-refractivity contribution in [2.24, 2.45) is 0 Å². The molecule has 100 valence electrons. The number of hydrogen-bond donors (Lipinski definition) is 1. The predicted molar refractivity (Wildman–Crippen MR) is 73.6 cm³/mol. The first kappa shape index (κ1) is 13.7. The number of nitrogens with one attached hydrogen (secondary N) is 1. The smallest absolute Gasteiger partial charge is 0.122 e. The van der Waals surface area contributed by atoms with E-state index < -0.39 is 0 Å². The normalized spacial score (nSPS) is 19.1. The molecule has 0 saturated carbocycles. The Morgan fingerprint density at radius 3 is 3.11 bits per heavy atom. The minimum Gasteiger partial charge on any atom is -0.494 e. The summed E-state index contributed by atoms with van der Waals surface area (Å²) < 4.78 is 10.9. The molecule has 0 spiro atoms. The van der Waals surface area contributed by atoms with Crippen LogP contribution in [0.15, 0.2) is 18.2 Å². The van der Waals surface area contributed by atoms with Gasteiger partial charge in [0.25, 0.3) is 0 Å². The molecule has 3 nitrogen and oxygen atoms in total. The second-order valence-corrected chi connectivity index (χ2v) is 4.89. The van der Waals surface area contributed by atoms with Gasteiger partial charge in [0.2, 0.25) is 0 Å². The van der Waals surface area contributed by atoms with Gasteiger partial charge in [-0.1, -0.05) is 11.6 Å². The number of benzene rings is 1. The molecule has 0 bridgehead atoms. The molecule has 0 radical (unpaired) electrons. The number of halogens is 1. The number of hydrogen-bond acceptors (Lipinski definition) is 3. The highest BCUT2D eigenvalue weighted by molar-refractivity contribution is 6.30. The Morgan fingerprint density at radius 2 is 2.39 bits per heavy atom. The maximum absolute atomic E-state index is 6.03. The quantitative estimate of drug-likeness (QED) is 0.861. The van der Waals surface area contributed by atoms with Crippen LogP contribution in [0.4, 0.5) is 0 Å². The van der Waals surface area contributed by atoms with E-state index in [1.807, 2.05) is 25.1 Å². The lowest BCUT2D eigenvalue weighted by atomic mass is 10.1. The summed E-state index contributed by atoms with van der Waals surface area (Å²) in [7, 11) is 0. The van der Waals surface area contributed by atoms with Crippen molar-refractivity contribution in [3.63, 3.8) is 0 Å². The van der Waals surface area contributed by atoms with Gasteiger partial charge in [-0.3, -0.25) is 0 Å². The lowest BCUT2D eigenvalue weighted by Crippen LogP contribution is -2.31. The average Bonchev–Trinajstić information content (AvgIpc) is 2.86. The van der Waals surface area contributed by atoms with Gasteiger partial charge >= 0.3 is 0 Å². The molecular weight excluding hydrogens is 250 g/mol. The largest absolute Gasteiger partial charge is 0.494 e. The van der Waals surface area contributed by atoms with Crippen LogP contribution >= 0.6 is 11.6 Å². The van der Waals surface area contributed by atoms with Gasteiger partial charge in [-0.15, -0.1) is 0 Å². The lowest BCUT2D eigenvalue weighted by molar-refractivity contribution is 0.190. The first-order valence-electron chi connectivity index (χ1n) is 6.52. The van der Waals surface area contributed by atoms with Crippen LogP contribution in [0.1, 0.15) is 18.9 Å². The monoisotopic (exact) mass is 269 g/mol. The number of rotatable bonds is 6. The molecule has 18 heavy (non-hydrogen) atoms. The molecule has 1 aromatic rings. The molecule has 1 aliphatic heterocycles. The fourth-order valence-electron chi connectivity index (χ4n) is 2.15. The van der Waals surface area contributed by atoms with E-state index in [2.05, 4.69) is 5.32 Å². The van der Waals surface area contributed by atoms with Crippen LogP contribution in [-0.4, -0.2) is 32.4 Å². The van der Waals surface area contributed by atoms with Crippen LogP contribution in [0.25, 0.3) is 0 Å². The van der Waals surface area contributed by atoms with E-state index in [1.165, 1.54) is 0 Å². The topological polar surface area (TPSA) is 30.5 Å². The zero-order valence-electron chi connectivity index (χ0n) is 10.7. The van der Waals surface area contributed by atoms with Crippen molar-refractivity contribution in [3.8, 4) is 5.75 Å². The van der Waals surface area contributed by atoms with Gasteiger partial charge in [0.1, 0.15) is 5.75 Å². The van der Waals surface area contributed by atoms with Gasteiger partial charge in [-0.05, 0) is 50.1 Å². The average molecular weight is 270 g/mol. The zero-order valence-corrected chi connectivity index (χ0v) is 11.5. The third kappa shape index (κ3) is 3.87. The fourth-order valence-corrected chi connectivity index (χ4v) is 2.34. The van der Waals surface area contributed by atoms with Crippen LogP contribution < -0.4 is 10.1 Å². The Hall–Kier alpha value is -0.770. The van der Waals surface area contributed by atoms with E-state index >= 15 is 0 Å². The van der Waals surface area contributed by atoms with E-state index in [4.69, 9.17) is 21.1 Å². The standard InChI is InChI=1S/C14H20ClNO2/c1-2-18-14-4-3-12(15)9-11(14)5-7-16-13-6-8-17-10-13/h3-4,9,13,16H,2,5-8,10H2,1H3/t13-/m0/s1. The Labute approximate surface area is 113 Å². The molecule has 4 heteroatoms. The summed E-state index contributed by atoms with van der Waals surface area (Å²) in [6, 6.07) is 6.30. The van der Waals surface area contributed by atoms with Crippen LogP contribution in [0.3, 0.4) is 0 Å². The SMILES string of the molecule is CCOc1ccc(Cl)cc1CCN[C@H]1CCOC1. The Kier molecular flexibility index (Phi) is 5.29. The van der Waals surface area contributed by atoms with Crippen LogP contribution in [0, 0.1) is 0 Å². The van der Waals surface area contributed by atoms with Gasteiger partial charge in [-0.2, -0.15) is 0 Å². The zero-order chi connectivity index (χ0) is 12.8. The highest BCUT2D eigenvalue weighted by atomic mass is 35.5. The fraction of sp³-hybridized carbons (Fsp3) is 0.571. The highest BCUT2D eigenvalue weighted by Crippen LogP contribution is 2.23. The summed E-state index contributed by atoms with van der Waals surface area (Å²) in [5.41, 5.74) is 1.16. The van der Waals surface area contributed by atoms with Gasteiger partial charge in [0, 0.05) is 17.7 Å². The molecule has 1 N–H and O–H groups in total. The molecule has 1 aromatic carbocycles. The molecular formula is C14H20ClNO2. The molecule has 1 saturated heterocycles. The Morgan fingerprint density at radius 1 is 1.50 bits per heavy atom. The second kappa shape index (κ2) is 6.98. The van der Waals surface area contributed by atoms with Crippen molar-refractivity contribution in [3.05, 3.63) is 28.8 Å². The predicted octanol–water partition coefficient (Wildman–Crippen LogP) is 2.66. The lowest BCUT2D eigenvalue weighted by Gasteiger charge is -2.13. The summed E-state index contributed by atoms with van der Waals surface area (Å²) in [4.78, 5) is 0. The summed E-state index contributed by atoms with van der Waals surface area (Å²) in [5, 5.41) is 4.26. The van der Waals surface area contributed by atoms with Gasteiger partial charge in [0.05, 0.1) is 13.2 Å². The van der Waals surface area contributed by atoms with Crippen LogP contribution in [0.2, 0.25) is 5.02 Å². The third-order valence-electron chi connectivity index (χ3n) is 3.08. The Bertz CT molecular complexity index is 378.